The van der Waals surface area contributed by atoms with Gasteiger partial charge in [0.15, 0.2) is 0 Å². The number of carbonyl (C=O) groups is 1. The third-order valence-electron chi connectivity index (χ3n) is 7.45. The standard InChI is InChI=1S/C29H29F3N4O/c1-18-13-14-24-26(25(18)33)35-19(2)36(24)16-8-7-15-28(27(37)34-17-29(30,31)32)22-11-5-3-9-20(22)21-10-4-6-12-23(21)28/h3-6,9-14H,7-8,15-17,33H2,1-2H3,(H,34,37). The van der Waals surface area contributed by atoms with Crippen LogP contribution in [0.25, 0.3) is 22.2 Å². The number of unbranched alkanes of at least 4 members (excludes halogenated alkanes) is 1. The van der Waals surface area contributed by atoms with Crippen molar-refractivity contribution >= 4 is 22.6 Å². The molecule has 1 heterocycles. The van der Waals surface area contributed by atoms with Gasteiger partial charge in [-0.3, -0.25) is 4.79 Å². The van der Waals surface area contributed by atoms with Crippen molar-refractivity contribution < 1.29 is 18.0 Å². The van der Waals surface area contributed by atoms with E-state index in [0.29, 0.717) is 25.1 Å². The largest absolute Gasteiger partial charge is 0.405 e. The van der Waals surface area contributed by atoms with Crippen molar-refractivity contribution in [2.75, 3.05) is 12.3 Å². The first-order valence-electron chi connectivity index (χ1n) is 12.4. The highest BCUT2D eigenvalue weighted by molar-refractivity contribution is 6.00. The SMILES string of the molecule is Cc1ccc2c(nc(C)n2CCCCC2(C(=O)NCC(F)(F)F)c3ccccc3-c3ccccc32)c1N. The van der Waals surface area contributed by atoms with Crippen molar-refractivity contribution in [3.8, 4) is 11.1 Å². The normalized spacial score (nSPS) is 14.0. The maximum absolute atomic E-state index is 13.6. The lowest BCUT2D eigenvalue weighted by Crippen LogP contribution is -2.47. The number of benzene rings is 3. The van der Waals surface area contributed by atoms with Crippen LogP contribution < -0.4 is 11.1 Å². The van der Waals surface area contributed by atoms with Crippen LogP contribution in [0.15, 0.2) is 60.7 Å². The maximum atomic E-state index is 13.6. The summed E-state index contributed by atoms with van der Waals surface area (Å²) in [5, 5.41) is 2.19. The fourth-order valence-corrected chi connectivity index (χ4v) is 5.66. The molecule has 4 aromatic rings. The van der Waals surface area contributed by atoms with Crippen LogP contribution in [0, 0.1) is 13.8 Å². The number of nitrogen functional groups attached to an aromatic ring is 1. The Bertz CT molecular complexity index is 1440. The lowest BCUT2D eigenvalue weighted by Gasteiger charge is -2.31. The molecule has 8 heteroatoms. The predicted molar refractivity (Wildman–Crippen MR) is 139 cm³/mol. The molecule has 5 nitrogen and oxygen atoms in total. The second kappa shape index (κ2) is 9.25. The molecular weight excluding hydrogens is 477 g/mol. The van der Waals surface area contributed by atoms with Gasteiger partial charge in [-0.05, 0) is 67.0 Å². The summed E-state index contributed by atoms with van der Waals surface area (Å²) in [4.78, 5) is 18.3. The fraction of sp³-hybridized carbons (Fsp3) is 0.310. The molecule has 0 atom stereocenters. The third kappa shape index (κ3) is 4.24. The van der Waals surface area contributed by atoms with Gasteiger partial charge in [-0.2, -0.15) is 13.2 Å². The van der Waals surface area contributed by atoms with E-state index in [0.717, 1.165) is 51.1 Å². The molecule has 1 amide bonds. The maximum Gasteiger partial charge on any atom is 0.405 e. The number of amides is 1. The molecule has 1 aliphatic carbocycles. The molecule has 0 saturated carbocycles. The average Bonchev–Trinajstić information content (AvgIpc) is 3.35. The molecule has 37 heavy (non-hydrogen) atoms. The molecule has 0 bridgehead atoms. The van der Waals surface area contributed by atoms with E-state index in [2.05, 4.69) is 14.9 Å². The van der Waals surface area contributed by atoms with Gasteiger partial charge >= 0.3 is 6.18 Å². The number of hydrogen-bond donors (Lipinski definition) is 2. The molecule has 0 radical (unpaired) electrons. The lowest BCUT2D eigenvalue weighted by atomic mass is 9.73. The molecule has 1 aliphatic rings. The van der Waals surface area contributed by atoms with Crippen LogP contribution in [0.4, 0.5) is 18.9 Å². The van der Waals surface area contributed by atoms with Crippen molar-refractivity contribution in [3.05, 3.63) is 83.2 Å². The van der Waals surface area contributed by atoms with Gasteiger partial charge in [0, 0.05) is 6.54 Å². The second-order valence-corrected chi connectivity index (χ2v) is 9.73. The Hall–Kier alpha value is -3.81. The topological polar surface area (TPSA) is 72.9 Å². The number of halogens is 3. The van der Waals surface area contributed by atoms with Crippen LogP contribution in [0.5, 0.6) is 0 Å². The van der Waals surface area contributed by atoms with E-state index in [9.17, 15) is 18.0 Å². The quantitative estimate of drug-likeness (QED) is 0.237. The Morgan fingerprint density at radius 2 is 1.59 bits per heavy atom. The van der Waals surface area contributed by atoms with Crippen LogP contribution >= 0.6 is 0 Å². The first-order valence-corrected chi connectivity index (χ1v) is 12.4. The van der Waals surface area contributed by atoms with E-state index in [-0.39, 0.29) is 0 Å². The van der Waals surface area contributed by atoms with Gasteiger partial charge in [0.05, 0.1) is 11.2 Å². The number of imidazole rings is 1. The van der Waals surface area contributed by atoms with Crippen LogP contribution in [0.1, 0.15) is 41.8 Å². The molecule has 0 fully saturated rings. The smallest absolute Gasteiger partial charge is 0.397 e. The Kier molecular flexibility index (Phi) is 6.22. The highest BCUT2D eigenvalue weighted by atomic mass is 19.4. The summed E-state index contributed by atoms with van der Waals surface area (Å²) < 4.78 is 41.3. The Labute approximate surface area is 213 Å². The van der Waals surface area contributed by atoms with Crippen LogP contribution in [0.2, 0.25) is 0 Å². The number of hydrogen-bond acceptors (Lipinski definition) is 3. The summed E-state index contributed by atoms with van der Waals surface area (Å²) in [6, 6.07) is 19.0. The minimum atomic E-state index is -4.49. The summed E-state index contributed by atoms with van der Waals surface area (Å²) in [6.45, 7) is 3.18. The first kappa shape index (κ1) is 24.9. The summed E-state index contributed by atoms with van der Waals surface area (Å²) in [5.41, 5.74) is 11.7. The number of aromatic nitrogens is 2. The molecule has 3 N–H and O–H groups in total. The molecule has 0 saturated heterocycles. The molecule has 0 unspecified atom stereocenters. The van der Waals surface area contributed by atoms with Gasteiger partial charge in [0.25, 0.3) is 0 Å². The van der Waals surface area contributed by atoms with E-state index >= 15 is 0 Å². The number of nitrogens with zero attached hydrogens (tertiary/aromatic N) is 2. The molecule has 3 aromatic carbocycles. The lowest BCUT2D eigenvalue weighted by molar-refractivity contribution is -0.141. The highest BCUT2D eigenvalue weighted by Crippen LogP contribution is 2.51. The van der Waals surface area contributed by atoms with Gasteiger partial charge in [-0.1, -0.05) is 54.6 Å². The first-order chi connectivity index (χ1) is 17.6. The Morgan fingerprint density at radius 3 is 2.22 bits per heavy atom. The van der Waals surface area contributed by atoms with Crippen molar-refractivity contribution in [3.63, 3.8) is 0 Å². The number of anilines is 1. The zero-order valence-corrected chi connectivity index (χ0v) is 20.8. The number of fused-ring (bicyclic) bond motifs is 4. The van der Waals surface area contributed by atoms with E-state index in [4.69, 9.17) is 5.73 Å². The van der Waals surface area contributed by atoms with Gasteiger partial charge in [-0.25, -0.2) is 4.98 Å². The van der Waals surface area contributed by atoms with E-state index in [1.54, 1.807) is 0 Å². The molecular formula is C29H29F3N4O. The minimum Gasteiger partial charge on any atom is -0.397 e. The molecule has 0 spiro atoms. The fourth-order valence-electron chi connectivity index (χ4n) is 5.66. The summed E-state index contributed by atoms with van der Waals surface area (Å²) in [6.07, 6.45) is -2.76. The van der Waals surface area contributed by atoms with Crippen molar-refractivity contribution in [2.24, 2.45) is 0 Å². The minimum absolute atomic E-state index is 0.387. The zero-order chi connectivity index (χ0) is 26.4. The Balaban J connectivity index is 1.45. The van der Waals surface area contributed by atoms with Crippen molar-refractivity contribution in [1.29, 1.82) is 0 Å². The third-order valence-corrected chi connectivity index (χ3v) is 7.45. The number of nitrogens with two attached hydrogens (primary N) is 1. The number of aryl methyl sites for hydroxylation is 3. The monoisotopic (exact) mass is 506 g/mol. The van der Waals surface area contributed by atoms with Gasteiger partial charge in [0.1, 0.15) is 23.3 Å². The molecule has 0 aliphatic heterocycles. The summed E-state index contributed by atoms with van der Waals surface area (Å²) in [7, 11) is 0. The van der Waals surface area contributed by atoms with Crippen LogP contribution in [0.3, 0.4) is 0 Å². The van der Waals surface area contributed by atoms with E-state index < -0.39 is 24.0 Å². The van der Waals surface area contributed by atoms with E-state index in [1.807, 2.05) is 74.5 Å². The number of carbonyl (C=O) groups excluding carboxylic acids is 1. The predicted octanol–water partition coefficient (Wildman–Crippen LogP) is 6.05. The number of alkyl halides is 3. The van der Waals surface area contributed by atoms with Gasteiger partial charge < -0.3 is 15.6 Å². The molecule has 192 valence electrons. The zero-order valence-electron chi connectivity index (χ0n) is 20.8. The van der Waals surface area contributed by atoms with Crippen molar-refractivity contribution in [1.82, 2.24) is 14.9 Å². The van der Waals surface area contributed by atoms with E-state index in [1.165, 1.54) is 0 Å². The second-order valence-electron chi connectivity index (χ2n) is 9.73. The Morgan fingerprint density at radius 1 is 0.973 bits per heavy atom. The van der Waals surface area contributed by atoms with Gasteiger partial charge in [-0.15, -0.1) is 0 Å². The summed E-state index contributed by atoms with van der Waals surface area (Å²) >= 11 is 0. The van der Waals surface area contributed by atoms with Gasteiger partial charge in [0.2, 0.25) is 5.91 Å². The summed E-state index contributed by atoms with van der Waals surface area (Å²) in [5.74, 6) is 0.233. The van der Waals surface area contributed by atoms with Crippen molar-refractivity contribution in [2.45, 2.75) is 51.2 Å². The van der Waals surface area contributed by atoms with Crippen LogP contribution in [-0.2, 0) is 16.8 Å². The molecule has 1 aromatic heterocycles. The highest BCUT2D eigenvalue weighted by Gasteiger charge is 2.49. The average molecular weight is 507 g/mol. The van der Waals surface area contributed by atoms with Crippen LogP contribution in [-0.4, -0.2) is 28.2 Å². The molecule has 5 rings (SSSR count). The number of rotatable bonds is 7. The number of nitrogens with one attached hydrogen (secondary N) is 1.